The molecule has 3 heterocycles. The summed E-state index contributed by atoms with van der Waals surface area (Å²) >= 11 is 0. The molecule has 4 fully saturated rings. The predicted molar refractivity (Wildman–Crippen MR) is 85.8 cm³/mol. The Hall–Kier alpha value is -0.240. The highest BCUT2D eigenvalue weighted by Crippen LogP contribution is 2.43. The molecule has 5 radical (unpaired) electrons. The van der Waals surface area contributed by atoms with Crippen LogP contribution in [0.25, 0.3) is 0 Å². The van der Waals surface area contributed by atoms with E-state index in [1.54, 1.807) is 0 Å². The molecular formula is C18H26NO5. The van der Waals surface area contributed by atoms with Crippen molar-refractivity contribution >= 4 is 0 Å². The zero-order chi connectivity index (χ0) is 16.9. The summed E-state index contributed by atoms with van der Waals surface area (Å²) in [4.78, 5) is 0. The Balaban J connectivity index is 1.42. The summed E-state index contributed by atoms with van der Waals surface area (Å²) in [5.41, 5.74) is 0. The summed E-state index contributed by atoms with van der Waals surface area (Å²) in [5.74, 6) is -0.0630. The number of nitrogens with one attached hydrogen (secondary N) is 1. The van der Waals surface area contributed by atoms with Gasteiger partial charge in [-0.1, -0.05) is 0 Å². The first-order valence-corrected chi connectivity index (χ1v) is 8.61. The van der Waals surface area contributed by atoms with Crippen molar-refractivity contribution in [3.05, 3.63) is 31.6 Å². The van der Waals surface area contributed by atoms with E-state index in [0.717, 1.165) is 6.54 Å². The first-order chi connectivity index (χ1) is 11.3. The smallest absolute Gasteiger partial charge is 0.190 e. The van der Waals surface area contributed by atoms with Gasteiger partial charge in [-0.2, -0.15) is 0 Å². The van der Waals surface area contributed by atoms with Crippen molar-refractivity contribution in [2.24, 2.45) is 0 Å². The van der Waals surface area contributed by atoms with Crippen LogP contribution in [0.2, 0.25) is 0 Å². The molecule has 0 bridgehead atoms. The van der Waals surface area contributed by atoms with Gasteiger partial charge in [-0.25, -0.2) is 0 Å². The Morgan fingerprint density at radius 3 is 2.25 bits per heavy atom. The van der Waals surface area contributed by atoms with E-state index in [-0.39, 0.29) is 24.4 Å². The highest BCUT2D eigenvalue weighted by Gasteiger charge is 2.60. The molecule has 0 amide bonds. The third kappa shape index (κ3) is 3.37. The van der Waals surface area contributed by atoms with Gasteiger partial charge in [-0.15, -0.1) is 0 Å². The first kappa shape index (κ1) is 17.2. The Bertz CT molecular complexity index is 462. The van der Waals surface area contributed by atoms with E-state index < -0.39 is 17.9 Å². The van der Waals surface area contributed by atoms with Crippen molar-refractivity contribution in [2.45, 2.75) is 70.0 Å². The number of rotatable bonds is 4. The molecule has 0 unspecified atom stereocenters. The number of hydrogen-bond acceptors (Lipinski definition) is 6. The lowest BCUT2D eigenvalue weighted by molar-refractivity contribution is -0.232. The fourth-order valence-corrected chi connectivity index (χ4v) is 3.75. The van der Waals surface area contributed by atoms with Gasteiger partial charge in [0, 0.05) is 13.1 Å². The van der Waals surface area contributed by atoms with Crippen LogP contribution in [0.15, 0.2) is 0 Å². The van der Waals surface area contributed by atoms with Crippen molar-refractivity contribution in [3.8, 4) is 0 Å². The second kappa shape index (κ2) is 6.18. The van der Waals surface area contributed by atoms with E-state index in [2.05, 4.69) is 18.2 Å². The molecule has 0 spiro atoms. The molecule has 0 aromatic carbocycles. The predicted octanol–water partition coefficient (Wildman–Crippen LogP) is 1.38. The number of hydrogen-bond donors (Lipinski definition) is 1. The summed E-state index contributed by atoms with van der Waals surface area (Å²) in [5, 5.41) is 3.44. The summed E-state index contributed by atoms with van der Waals surface area (Å²) in [6, 6.07) is 0. The van der Waals surface area contributed by atoms with Crippen LogP contribution < -0.4 is 5.32 Å². The zero-order valence-electron chi connectivity index (χ0n) is 14.7. The van der Waals surface area contributed by atoms with Gasteiger partial charge in [0.15, 0.2) is 17.9 Å². The Morgan fingerprint density at radius 1 is 0.875 bits per heavy atom. The molecule has 1 saturated carbocycles. The van der Waals surface area contributed by atoms with E-state index in [1.165, 1.54) is 5.92 Å². The maximum atomic E-state index is 6.16. The normalized spacial score (nSPS) is 43.8. The fourth-order valence-electron chi connectivity index (χ4n) is 3.75. The second-order valence-electron chi connectivity index (χ2n) is 7.63. The van der Waals surface area contributed by atoms with Crippen molar-refractivity contribution in [2.75, 3.05) is 13.1 Å². The van der Waals surface area contributed by atoms with Crippen molar-refractivity contribution in [1.82, 2.24) is 5.32 Å². The maximum Gasteiger partial charge on any atom is 0.190 e. The van der Waals surface area contributed by atoms with Crippen LogP contribution in [0.5, 0.6) is 0 Å². The van der Waals surface area contributed by atoms with Crippen LogP contribution in [-0.2, 0) is 23.7 Å². The van der Waals surface area contributed by atoms with Gasteiger partial charge in [0.05, 0.1) is 0 Å². The average molecular weight is 336 g/mol. The van der Waals surface area contributed by atoms with Gasteiger partial charge in [0.25, 0.3) is 0 Å². The van der Waals surface area contributed by atoms with Gasteiger partial charge in [-0.3, -0.25) is 0 Å². The molecule has 0 aromatic rings. The molecule has 133 valence electrons. The van der Waals surface area contributed by atoms with Crippen LogP contribution >= 0.6 is 0 Å². The summed E-state index contributed by atoms with van der Waals surface area (Å²) in [6.07, 6.45) is 7.07. The molecule has 1 N–H and O–H groups in total. The molecule has 3 aliphatic heterocycles. The lowest BCUT2D eigenvalue weighted by atomic mass is 9.98. The Morgan fingerprint density at radius 2 is 1.50 bits per heavy atom. The molecule has 6 heteroatoms. The van der Waals surface area contributed by atoms with E-state index in [0.29, 0.717) is 6.54 Å². The van der Waals surface area contributed by atoms with Gasteiger partial charge in [-0.05, 0) is 59.3 Å². The lowest BCUT2D eigenvalue weighted by Crippen LogP contribution is -2.57. The molecule has 1 aliphatic carbocycles. The third-order valence-electron chi connectivity index (χ3n) is 4.66. The van der Waals surface area contributed by atoms with Crippen molar-refractivity contribution in [3.63, 3.8) is 0 Å². The van der Waals surface area contributed by atoms with Crippen LogP contribution in [0.1, 0.15) is 27.7 Å². The van der Waals surface area contributed by atoms with Gasteiger partial charge >= 0.3 is 0 Å². The van der Waals surface area contributed by atoms with E-state index in [9.17, 15) is 0 Å². The van der Waals surface area contributed by atoms with E-state index in [4.69, 9.17) is 23.7 Å². The van der Waals surface area contributed by atoms with E-state index in [1.807, 2.05) is 40.5 Å². The summed E-state index contributed by atoms with van der Waals surface area (Å²) < 4.78 is 30.3. The monoisotopic (exact) mass is 336 g/mol. The third-order valence-corrected chi connectivity index (χ3v) is 4.66. The second-order valence-corrected chi connectivity index (χ2v) is 7.63. The minimum Gasteiger partial charge on any atom is -0.342 e. The molecule has 5 atom stereocenters. The van der Waals surface area contributed by atoms with E-state index >= 15 is 0 Å². The van der Waals surface area contributed by atoms with Crippen LogP contribution in [0.4, 0.5) is 0 Å². The van der Waals surface area contributed by atoms with Crippen LogP contribution in [0, 0.1) is 31.6 Å². The Kier molecular flexibility index (Phi) is 4.43. The molecule has 3 saturated heterocycles. The molecule has 0 aromatic heterocycles. The quantitative estimate of drug-likeness (QED) is 0.837. The number of fused-ring (bicyclic) bond motifs is 3. The summed E-state index contributed by atoms with van der Waals surface area (Å²) in [6.45, 7) is 9.11. The molecule has 24 heavy (non-hydrogen) atoms. The SMILES string of the molecule is CC1(C)O[C@H]2[C@@H](O1)[C@@H](CNC[C]1[CH][CH][CH][CH]1)O[C@@H]1OC(C)(C)O[C@@H]12. The zero-order valence-corrected chi connectivity index (χ0v) is 14.7. The van der Waals surface area contributed by atoms with Gasteiger partial charge in [0.1, 0.15) is 24.4 Å². The highest BCUT2D eigenvalue weighted by molar-refractivity contribution is 5.36. The van der Waals surface area contributed by atoms with Crippen LogP contribution in [0.3, 0.4) is 0 Å². The largest absolute Gasteiger partial charge is 0.342 e. The molecule has 4 rings (SSSR count). The topological polar surface area (TPSA) is 58.2 Å². The fraction of sp³-hybridized carbons (Fsp3) is 0.722. The minimum absolute atomic E-state index is 0.148. The van der Waals surface area contributed by atoms with Crippen molar-refractivity contribution in [1.29, 1.82) is 0 Å². The standard InChI is InChI=1S/C18H26NO5/c1-17(2)21-13-12(10-19-9-11-7-5-6-8-11)20-16-15(14(13)22-17)23-18(3,4)24-16/h5-8,12-16,19H,9-10H2,1-4H3/t12-,13+,14+,15-,16-/m1/s1. The molecule has 4 aliphatic rings. The highest BCUT2D eigenvalue weighted by atomic mass is 16.9. The number of ether oxygens (including phenoxy) is 5. The average Bonchev–Trinajstić information content (AvgIpc) is 3.15. The van der Waals surface area contributed by atoms with Gasteiger partial charge in [0.2, 0.25) is 0 Å². The molecule has 6 nitrogen and oxygen atoms in total. The van der Waals surface area contributed by atoms with Gasteiger partial charge < -0.3 is 29.0 Å². The lowest BCUT2D eigenvalue weighted by Gasteiger charge is -2.37. The molecular weight excluding hydrogens is 310 g/mol. The van der Waals surface area contributed by atoms with Crippen molar-refractivity contribution < 1.29 is 23.7 Å². The maximum absolute atomic E-state index is 6.16. The Labute approximate surface area is 144 Å². The summed E-state index contributed by atoms with van der Waals surface area (Å²) in [7, 11) is 0. The first-order valence-electron chi connectivity index (χ1n) is 8.61. The van der Waals surface area contributed by atoms with Crippen LogP contribution in [-0.4, -0.2) is 55.4 Å². The minimum atomic E-state index is -0.673.